The molecule has 7 nitrogen and oxygen atoms in total. The molecular weight excluding hydrogens is 432 g/mol. The standard InChI is InChI=1S/C24H21ClN2O5/c1-12-8-15(27-14-5-4-13-6-7-26-16(13)9-14)10-19(28)24(12)23(29)20-17(30-2)11-18(31-3)21(25)22(20)32-24/h4-7,9-12,26-27H,8H2,1-3H3/t12-,24+/m1/s1. The average molecular weight is 453 g/mol. The number of allylic oxidation sites excluding steroid dienone is 1. The van der Waals surface area contributed by atoms with Gasteiger partial charge in [-0.1, -0.05) is 24.6 Å². The first-order valence-corrected chi connectivity index (χ1v) is 10.5. The molecule has 1 aliphatic carbocycles. The second kappa shape index (κ2) is 7.31. The number of hydrogen-bond donors (Lipinski definition) is 2. The van der Waals surface area contributed by atoms with Crippen LogP contribution in [0.1, 0.15) is 23.7 Å². The zero-order valence-corrected chi connectivity index (χ0v) is 18.5. The molecule has 164 valence electrons. The molecular formula is C24H21ClN2O5. The van der Waals surface area contributed by atoms with Gasteiger partial charge < -0.3 is 24.5 Å². The van der Waals surface area contributed by atoms with Gasteiger partial charge in [-0.05, 0) is 30.0 Å². The summed E-state index contributed by atoms with van der Waals surface area (Å²) in [5.41, 5.74) is 1.03. The minimum Gasteiger partial charge on any atom is -0.496 e. The third kappa shape index (κ3) is 2.81. The van der Waals surface area contributed by atoms with Gasteiger partial charge in [-0.3, -0.25) is 9.59 Å². The Kier molecular flexibility index (Phi) is 4.67. The largest absolute Gasteiger partial charge is 0.496 e. The number of ketones is 2. The highest BCUT2D eigenvalue weighted by atomic mass is 35.5. The fourth-order valence-electron chi connectivity index (χ4n) is 4.53. The molecule has 2 heterocycles. The number of rotatable bonds is 4. The van der Waals surface area contributed by atoms with Gasteiger partial charge in [0.1, 0.15) is 22.1 Å². The number of H-pyrrole nitrogens is 1. The molecule has 3 aromatic rings. The molecule has 0 amide bonds. The number of methoxy groups -OCH3 is 2. The van der Waals surface area contributed by atoms with E-state index >= 15 is 0 Å². The molecule has 0 bridgehead atoms. The minimum absolute atomic E-state index is 0.120. The second-order valence-electron chi connectivity index (χ2n) is 8.01. The molecule has 2 aliphatic rings. The number of halogens is 1. The summed E-state index contributed by atoms with van der Waals surface area (Å²) in [6, 6.07) is 9.43. The molecule has 0 saturated heterocycles. The highest BCUT2D eigenvalue weighted by Crippen LogP contribution is 2.53. The molecule has 0 saturated carbocycles. The van der Waals surface area contributed by atoms with Crippen LogP contribution in [-0.2, 0) is 4.79 Å². The predicted molar refractivity (Wildman–Crippen MR) is 121 cm³/mol. The van der Waals surface area contributed by atoms with Gasteiger partial charge in [0.2, 0.25) is 17.2 Å². The molecule has 1 aliphatic heterocycles. The van der Waals surface area contributed by atoms with Gasteiger partial charge in [0.05, 0.1) is 14.2 Å². The van der Waals surface area contributed by atoms with E-state index in [9.17, 15) is 9.59 Å². The fraction of sp³-hybridized carbons (Fsp3) is 0.250. The van der Waals surface area contributed by atoms with E-state index in [1.54, 1.807) is 0 Å². The van der Waals surface area contributed by atoms with Gasteiger partial charge in [-0.2, -0.15) is 0 Å². The zero-order chi connectivity index (χ0) is 22.6. The van der Waals surface area contributed by atoms with Crippen molar-refractivity contribution in [3.8, 4) is 17.2 Å². The second-order valence-corrected chi connectivity index (χ2v) is 8.39. The summed E-state index contributed by atoms with van der Waals surface area (Å²) in [5.74, 6) is -0.637. The molecule has 0 radical (unpaired) electrons. The Morgan fingerprint density at radius 3 is 2.66 bits per heavy atom. The van der Waals surface area contributed by atoms with Crippen LogP contribution in [0.5, 0.6) is 17.2 Å². The van der Waals surface area contributed by atoms with Crippen LogP contribution in [0.2, 0.25) is 5.02 Å². The van der Waals surface area contributed by atoms with Crippen LogP contribution < -0.4 is 19.5 Å². The van der Waals surface area contributed by atoms with E-state index in [2.05, 4.69) is 10.3 Å². The van der Waals surface area contributed by atoms with Crippen LogP contribution in [0.25, 0.3) is 10.9 Å². The Bertz CT molecular complexity index is 1310. The van der Waals surface area contributed by atoms with E-state index in [4.69, 9.17) is 25.8 Å². The Labute approximate surface area is 189 Å². The van der Waals surface area contributed by atoms with Crippen LogP contribution in [0.3, 0.4) is 0 Å². The van der Waals surface area contributed by atoms with Crippen molar-refractivity contribution in [2.75, 3.05) is 19.5 Å². The van der Waals surface area contributed by atoms with Crippen LogP contribution >= 0.6 is 11.6 Å². The van der Waals surface area contributed by atoms with Crippen LogP contribution in [0.4, 0.5) is 5.69 Å². The van der Waals surface area contributed by atoms with E-state index in [1.165, 1.54) is 26.4 Å². The average Bonchev–Trinajstić information content (AvgIpc) is 3.36. The van der Waals surface area contributed by atoms with Crippen LogP contribution in [-0.4, -0.2) is 36.4 Å². The summed E-state index contributed by atoms with van der Waals surface area (Å²) in [5, 5.41) is 4.54. The number of aromatic amines is 1. The first kappa shape index (κ1) is 20.5. The number of fused-ring (bicyclic) bond motifs is 2. The van der Waals surface area contributed by atoms with Crippen molar-refractivity contribution >= 4 is 39.8 Å². The van der Waals surface area contributed by atoms with Crippen molar-refractivity contribution in [2.45, 2.75) is 18.9 Å². The number of ether oxygens (including phenoxy) is 3. The van der Waals surface area contributed by atoms with Crippen molar-refractivity contribution in [3.63, 3.8) is 0 Å². The molecule has 1 aromatic heterocycles. The van der Waals surface area contributed by atoms with Crippen molar-refractivity contribution in [2.24, 2.45) is 5.92 Å². The highest BCUT2D eigenvalue weighted by Gasteiger charge is 2.60. The van der Waals surface area contributed by atoms with Gasteiger partial charge in [0, 0.05) is 41.2 Å². The molecule has 2 aromatic carbocycles. The van der Waals surface area contributed by atoms with Crippen LogP contribution in [0, 0.1) is 5.92 Å². The molecule has 2 N–H and O–H groups in total. The molecule has 1 spiro atoms. The third-order valence-electron chi connectivity index (χ3n) is 6.17. The third-order valence-corrected chi connectivity index (χ3v) is 6.53. The van der Waals surface area contributed by atoms with E-state index in [0.29, 0.717) is 17.9 Å². The maximum atomic E-state index is 13.5. The normalized spacial score (nSPS) is 22.0. The van der Waals surface area contributed by atoms with E-state index in [0.717, 1.165) is 16.6 Å². The lowest BCUT2D eigenvalue weighted by molar-refractivity contribution is -0.129. The lowest BCUT2D eigenvalue weighted by Crippen LogP contribution is -2.55. The summed E-state index contributed by atoms with van der Waals surface area (Å²) < 4.78 is 16.7. The minimum atomic E-state index is -1.68. The number of Topliss-reactive ketones (excluding diaryl/α,β-unsaturated/α-hetero) is 1. The van der Waals surface area contributed by atoms with E-state index in [1.807, 2.05) is 37.4 Å². The van der Waals surface area contributed by atoms with Gasteiger partial charge >= 0.3 is 0 Å². The Morgan fingerprint density at radius 2 is 1.94 bits per heavy atom. The number of nitrogens with one attached hydrogen (secondary N) is 2. The Morgan fingerprint density at radius 1 is 1.16 bits per heavy atom. The SMILES string of the molecule is COc1cc(OC)c2c(c1Cl)O[C@@]1(C(=O)C=C(Nc3ccc4cc[nH]c4c3)C[C@H]1C)C2=O. The summed E-state index contributed by atoms with van der Waals surface area (Å²) in [7, 11) is 2.90. The van der Waals surface area contributed by atoms with Crippen molar-refractivity contribution < 1.29 is 23.8 Å². The lowest BCUT2D eigenvalue weighted by Gasteiger charge is -2.35. The summed E-state index contributed by atoms with van der Waals surface area (Å²) >= 11 is 6.42. The first-order valence-electron chi connectivity index (χ1n) is 10.2. The van der Waals surface area contributed by atoms with Gasteiger partial charge in [0.15, 0.2) is 5.75 Å². The highest BCUT2D eigenvalue weighted by molar-refractivity contribution is 6.36. The van der Waals surface area contributed by atoms with E-state index < -0.39 is 23.1 Å². The number of hydrogen-bond acceptors (Lipinski definition) is 6. The Hall–Kier alpha value is -3.45. The quantitative estimate of drug-likeness (QED) is 0.555. The summed E-state index contributed by atoms with van der Waals surface area (Å²) in [6.45, 7) is 1.82. The van der Waals surface area contributed by atoms with Crippen LogP contribution in [0.15, 0.2) is 48.3 Å². The molecule has 8 heteroatoms. The number of carbonyl (C=O) groups is 2. The number of anilines is 1. The number of benzene rings is 2. The number of aromatic nitrogens is 1. The molecule has 2 atom stereocenters. The lowest BCUT2D eigenvalue weighted by atomic mass is 9.74. The molecule has 32 heavy (non-hydrogen) atoms. The number of carbonyl (C=O) groups excluding carboxylic acids is 2. The zero-order valence-electron chi connectivity index (χ0n) is 17.7. The summed E-state index contributed by atoms with van der Waals surface area (Å²) in [6.07, 6.45) is 3.75. The van der Waals surface area contributed by atoms with E-state index in [-0.39, 0.29) is 22.1 Å². The fourth-order valence-corrected chi connectivity index (χ4v) is 4.79. The van der Waals surface area contributed by atoms with Gasteiger partial charge in [-0.15, -0.1) is 0 Å². The molecule has 0 unspecified atom stereocenters. The van der Waals surface area contributed by atoms with Gasteiger partial charge in [-0.25, -0.2) is 0 Å². The first-order chi connectivity index (χ1) is 15.4. The Balaban J connectivity index is 1.51. The summed E-state index contributed by atoms with van der Waals surface area (Å²) in [4.78, 5) is 30.1. The van der Waals surface area contributed by atoms with Gasteiger partial charge in [0.25, 0.3) is 0 Å². The topological polar surface area (TPSA) is 89.7 Å². The smallest absolute Gasteiger partial charge is 0.236 e. The van der Waals surface area contributed by atoms with Crippen molar-refractivity contribution in [1.82, 2.24) is 4.98 Å². The predicted octanol–water partition coefficient (Wildman–Crippen LogP) is 4.76. The maximum Gasteiger partial charge on any atom is 0.236 e. The van der Waals surface area contributed by atoms with Crippen molar-refractivity contribution in [3.05, 3.63) is 58.9 Å². The molecule has 0 fully saturated rings. The monoisotopic (exact) mass is 452 g/mol. The van der Waals surface area contributed by atoms with Crippen molar-refractivity contribution in [1.29, 1.82) is 0 Å². The maximum absolute atomic E-state index is 13.5. The molecule has 5 rings (SSSR count).